The number of benzene rings is 3. The van der Waals surface area contributed by atoms with Gasteiger partial charge in [-0.1, -0.05) is 36.4 Å². The van der Waals surface area contributed by atoms with E-state index in [-0.39, 0.29) is 31.3 Å². The number of carbonyl (C=O) groups is 2. The fourth-order valence-corrected chi connectivity index (χ4v) is 3.16. The van der Waals surface area contributed by atoms with Crippen molar-refractivity contribution in [3.05, 3.63) is 89.5 Å². The first-order valence-electron chi connectivity index (χ1n) is 10.2. The predicted octanol–water partition coefficient (Wildman–Crippen LogP) is 4.47. The number of methoxy groups -OCH3 is 1. The van der Waals surface area contributed by atoms with Crippen LogP contribution in [0, 0.1) is 0 Å². The van der Waals surface area contributed by atoms with Gasteiger partial charge in [-0.05, 0) is 53.1 Å². The van der Waals surface area contributed by atoms with Crippen LogP contribution in [0.5, 0.6) is 5.75 Å². The van der Waals surface area contributed by atoms with E-state index in [1.807, 2.05) is 12.1 Å². The van der Waals surface area contributed by atoms with Crippen molar-refractivity contribution in [3.63, 3.8) is 0 Å². The molecular weight excluding hydrogens is 433 g/mol. The van der Waals surface area contributed by atoms with E-state index >= 15 is 0 Å². The maximum Gasteiger partial charge on any atom is 0.416 e. The Morgan fingerprint density at radius 2 is 1.52 bits per heavy atom. The van der Waals surface area contributed by atoms with E-state index in [1.165, 1.54) is 12.1 Å². The summed E-state index contributed by atoms with van der Waals surface area (Å²) in [5.74, 6) is 0.205. The molecule has 3 rings (SSSR count). The van der Waals surface area contributed by atoms with Gasteiger partial charge in [0.15, 0.2) is 0 Å². The fourth-order valence-electron chi connectivity index (χ4n) is 3.16. The fraction of sp³-hybridized carbons (Fsp3) is 0.200. The summed E-state index contributed by atoms with van der Waals surface area (Å²) >= 11 is 0. The van der Waals surface area contributed by atoms with Crippen molar-refractivity contribution < 1.29 is 27.5 Å². The Bertz CT molecular complexity index is 1100. The second-order valence-corrected chi connectivity index (χ2v) is 7.29. The van der Waals surface area contributed by atoms with Gasteiger partial charge in [-0.2, -0.15) is 13.2 Å². The Hall–Kier alpha value is -3.81. The van der Waals surface area contributed by atoms with Crippen LogP contribution in [0.1, 0.15) is 21.5 Å². The lowest BCUT2D eigenvalue weighted by Gasteiger charge is -2.10. The summed E-state index contributed by atoms with van der Waals surface area (Å²) in [5, 5.41) is 5.47. The van der Waals surface area contributed by atoms with Gasteiger partial charge in [0, 0.05) is 18.7 Å². The van der Waals surface area contributed by atoms with Gasteiger partial charge in [-0.3, -0.25) is 9.59 Å². The van der Waals surface area contributed by atoms with Crippen molar-refractivity contribution in [2.24, 2.45) is 0 Å². The summed E-state index contributed by atoms with van der Waals surface area (Å²) in [5.41, 5.74) is 1.69. The molecule has 2 N–H and O–H groups in total. The Kier molecular flexibility index (Phi) is 7.71. The molecule has 0 unspecified atom stereocenters. The Morgan fingerprint density at radius 3 is 2.15 bits per heavy atom. The third-order valence-electron chi connectivity index (χ3n) is 4.93. The number of halogens is 3. The number of alkyl halides is 3. The molecule has 0 saturated heterocycles. The smallest absolute Gasteiger partial charge is 0.416 e. The van der Waals surface area contributed by atoms with Crippen molar-refractivity contribution in [1.82, 2.24) is 10.6 Å². The zero-order valence-electron chi connectivity index (χ0n) is 17.9. The van der Waals surface area contributed by atoms with Gasteiger partial charge in [0.1, 0.15) is 5.75 Å². The summed E-state index contributed by atoms with van der Waals surface area (Å²) < 4.78 is 43.3. The summed E-state index contributed by atoms with van der Waals surface area (Å²) in [7, 11) is 1.57. The normalized spacial score (nSPS) is 11.0. The highest BCUT2D eigenvalue weighted by Crippen LogP contribution is 2.31. The lowest BCUT2D eigenvalue weighted by Crippen LogP contribution is -2.35. The van der Waals surface area contributed by atoms with Crippen LogP contribution in [-0.2, 0) is 17.4 Å². The predicted molar refractivity (Wildman–Crippen MR) is 119 cm³/mol. The topological polar surface area (TPSA) is 67.4 Å². The Morgan fingerprint density at radius 1 is 0.848 bits per heavy atom. The second kappa shape index (κ2) is 10.7. The molecule has 0 aliphatic carbocycles. The SMILES string of the molecule is COc1ccc(CC(=O)NCCNC(=O)c2cccc(-c3ccc(C(F)(F)F)cc3)c2)cc1. The molecule has 0 saturated carbocycles. The third kappa shape index (κ3) is 6.83. The van der Waals surface area contributed by atoms with E-state index in [9.17, 15) is 22.8 Å². The van der Waals surface area contributed by atoms with Gasteiger partial charge in [-0.15, -0.1) is 0 Å². The molecule has 3 aromatic carbocycles. The van der Waals surface area contributed by atoms with E-state index in [2.05, 4.69) is 10.6 Å². The van der Waals surface area contributed by atoms with E-state index in [0.29, 0.717) is 22.4 Å². The van der Waals surface area contributed by atoms with Gasteiger partial charge in [-0.25, -0.2) is 0 Å². The minimum atomic E-state index is -4.40. The number of nitrogens with one attached hydrogen (secondary N) is 2. The molecule has 0 atom stereocenters. The molecule has 3 aromatic rings. The molecule has 8 heteroatoms. The molecule has 0 fully saturated rings. The molecule has 0 spiro atoms. The van der Waals surface area contributed by atoms with Crippen LogP contribution in [0.25, 0.3) is 11.1 Å². The van der Waals surface area contributed by atoms with Crippen molar-refractivity contribution in [2.75, 3.05) is 20.2 Å². The van der Waals surface area contributed by atoms with Crippen molar-refractivity contribution in [3.8, 4) is 16.9 Å². The van der Waals surface area contributed by atoms with Gasteiger partial charge in [0.05, 0.1) is 19.1 Å². The number of carbonyl (C=O) groups excluding carboxylic acids is 2. The molecule has 5 nitrogen and oxygen atoms in total. The molecule has 2 amide bonds. The maximum atomic E-state index is 12.7. The summed E-state index contributed by atoms with van der Waals surface area (Å²) in [6.45, 7) is 0.497. The van der Waals surface area contributed by atoms with Crippen LogP contribution in [0.4, 0.5) is 13.2 Å². The molecular formula is C25H23F3N2O3. The Balaban J connectivity index is 1.49. The largest absolute Gasteiger partial charge is 0.497 e. The average Bonchev–Trinajstić information content (AvgIpc) is 2.82. The average molecular weight is 456 g/mol. The van der Waals surface area contributed by atoms with Gasteiger partial charge in [0.2, 0.25) is 5.91 Å². The quantitative estimate of drug-likeness (QED) is 0.492. The first-order valence-corrected chi connectivity index (χ1v) is 10.2. The summed E-state index contributed by atoms with van der Waals surface area (Å²) in [4.78, 5) is 24.5. The molecule has 0 aromatic heterocycles. The lowest BCUT2D eigenvalue weighted by atomic mass is 10.0. The number of amides is 2. The second-order valence-electron chi connectivity index (χ2n) is 7.29. The summed E-state index contributed by atoms with van der Waals surface area (Å²) in [6.07, 6.45) is -4.18. The van der Waals surface area contributed by atoms with E-state index in [1.54, 1.807) is 43.5 Å². The number of hydrogen-bond acceptors (Lipinski definition) is 3. The molecule has 172 valence electrons. The number of ether oxygens (including phenoxy) is 1. The molecule has 0 aliphatic heterocycles. The first-order chi connectivity index (χ1) is 15.8. The zero-order chi connectivity index (χ0) is 23.8. The highest BCUT2D eigenvalue weighted by atomic mass is 19.4. The van der Waals surface area contributed by atoms with Crippen molar-refractivity contribution >= 4 is 11.8 Å². The van der Waals surface area contributed by atoms with Crippen LogP contribution in [0.15, 0.2) is 72.8 Å². The third-order valence-corrected chi connectivity index (χ3v) is 4.93. The lowest BCUT2D eigenvalue weighted by molar-refractivity contribution is -0.137. The van der Waals surface area contributed by atoms with Crippen molar-refractivity contribution in [1.29, 1.82) is 0 Å². The molecule has 0 radical (unpaired) electrons. The first kappa shape index (κ1) is 23.8. The van der Waals surface area contributed by atoms with Crippen LogP contribution < -0.4 is 15.4 Å². The van der Waals surface area contributed by atoms with E-state index in [4.69, 9.17) is 4.74 Å². The highest BCUT2D eigenvalue weighted by molar-refractivity contribution is 5.95. The molecule has 0 aliphatic rings. The molecule has 0 bridgehead atoms. The van der Waals surface area contributed by atoms with E-state index < -0.39 is 11.7 Å². The minimum Gasteiger partial charge on any atom is -0.497 e. The number of rotatable bonds is 8. The maximum absolute atomic E-state index is 12.7. The highest BCUT2D eigenvalue weighted by Gasteiger charge is 2.29. The molecule has 0 heterocycles. The van der Waals surface area contributed by atoms with Gasteiger partial charge in [0.25, 0.3) is 5.91 Å². The Labute approximate surface area is 189 Å². The van der Waals surface area contributed by atoms with Gasteiger partial charge >= 0.3 is 6.18 Å². The minimum absolute atomic E-state index is 0.168. The zero-order valence-corrected chi connectivity index (χ0v) is 17.9. The monoisotopic (exact) mass is 456 g/mol. The van der Waals surface area contributed by atoms with Crippen molar-refractivity contribution in [2.45, 2.75) is 12.6 Å². The van der Waals surface area contributed by atoms with Crippen LogP contribution >= 0.6 is 0 Å². The molecule has 33 heavy (non-hydrogen) atoms. The van der Waals surface area contributed by atoms with Crippen LogP contribution in [-0.4, -0.2) is 32.0 Å². The summed E-state index contributed by atoms with van der Waals surface area (Å²) in [6, 6.07) is 18.6. The van der Waals surface area contributed by atoms with Crippen LogP contribution in [0.2, 0.25) is 0 Å². The van der Waals surface area contributed by atoms with Crippen LogP contribution in [0.3, 0.4) is 0 Å². The number of hydrogen-bond donors (Lipinski definition) is 2. The standard InChI is InChI=1S/C25H23F3N2O3/c1-33-22-11-5-17(6-12-22)15-23(31)29-13-14-30-24(32)20-4-2-3-19(16-20)18-7-9-21(10-8-18)25(26,27)28/h2-12,16H,13-15H2,1H3,(H,29,31)(H,30,32). The van der Waals surface area contributed by atoms with Gasteiger partial charge < -0.3 is 15.4 Å². The van der Waals surface area contributed by atoms with E-state index in [0.717, 1.165) is 17.7 Å².